The zero-order chi connectivity index (χ0) is 16.4. The van der Waals surface area contributed by atoms with Crippen molar-refractivity contribution < 1.29 is 9.32 Å². The van der Waals surface area contributed by atoms with Crippen LogP contribution in [-0.2, 0) is 12.8 Å². The van der Waals surface area contributed by atoms with E-state index >= 15 is 0 Å². The number of carbonyl (C=O) groups excluding carboxylic acids is 1. The summed E-state index contributed by atoms with van der Waals surface area (Å²) in [5.41, 5.74) is 1.42. The Morgan fingerprint density at radius 3 is 2.96 bits per heavy atom. The SMILES string of the molecule is O=C(Nc1ncc(C2CCNCC2)s1)c1noc2c1CCCCC2. The molecule has 24 heavy (non-hydrogen) atoms. The molecule has 128 valence electrons. The van der Waals surface area contributed by atoms with Gasteiger partial charge in [-0.2, -0.15) is 0 Å². The van der Waals surface area contributed by atoms with Crippen LogP contribution in [0.1, 0.15) is 64.7 Å². The first-order valence-electron chi connectivity index (χ1n) is 8.76. The zero-order valence-corrected chi connectivity index (χ0v) is 14.5. The Hall–Kier alpha value is -1.73. The Labute approximate surface area is 145 Å². The molecule has 1 fully saturated rings. The van der Waals surface area contributed by atoms with E-state index in [0.29, 0.717) is 16.7 Å². The summed E-state index contributed by atoms with van der Waals surface area (Å²) < 4.78 is 5.39. The normalized spacial score (nSPS) is 18.8. The van der Waals surface area contributed by atoms with Gasteiger partial charge in [-0.3, -0.25) is 10.1 Å². The summed E-state index contributed by atoms with van der Waals surface area (Å²) >= 11 is 1.58. The highest BCUT2D eigenvalue weighted by atomic mass is 32.1. The fourth-order valence-electron chi connectivity index (χ4n) is 3.54. The first-order valence-corrected chi connectivity index (χ1v) is 9.58. The van der Waals surface area contributed by atoms with Crippen molar-refractivity contribution in [1.29, 1.82) is 0 Å². The van der Waals surface area contributed by atoms with Crippen LogP contribution in [0.2, 0.25) is 0 Å². The number of carbonyl (C=O) groups is 1. The first-order chi connectivity index (χ1) is 11.8. The molecule has 0 spiro atoms. The monoisotopic (exact) mass is 346 g/mol. The molecule has 1 saturated heterocycles. The van der Waals surface area contributed by atoms with Gasteiger partial charge >= 0.3 is 0 Å². The Balaban J connectivity index is 1.46. The molecule has 7 heteroatoms. The lowest BCUT2D eigenvalue weighted by atomic mass is 9.97. The molecule has 2 aliphatic rings. The average molecular weight is 346 g/mol. The average Bonchev–Trinajstić information content (AvgIpc) is 3.17. The number of fused-ring (bicyclic) bond motifs is 1. The van der Waals surface area contributed by atoms with Gasteiger partial charge in [0.1, 0.15) is 5.76 Å². The summed E-state index contributed by atoms with van der Waals surface area (Å²) in [5, 5.41) is 10.9. The minimum atomic E-state index is -0.201. The molecule has 0 saturated carbocycles. The van der Waals surface area contributed by atoms with Crippen LogP contribution in [0.25, 0.3) is 0 Å². The number of hydrogen-bond donors (Lipinski definition) is 2. The summed E-state index contributed by atoms with van der Waals surface area (Å²) in [4.78, 5) is 18.2. The molecule has 2 N–H and O–H groups in total. The molecular formula is C17H22N4O2S. The van der Waals surface area contributed by atoms with Gasteiger partial charge in [-0.1, -0.05) is 11.6 Å². The number of aromatic nitrogens is 2. The molecule has 6 nitrogen and oxygen atoms in total. The van der Waals surface area contributed by atoms with Crippen LogP contribution in [0.4, 0.5) is 5.13 Å². The minimum absolute atomic E-state index is 0.201. The predicted molar refractivity (Wildman–Crippen MR) is 92.7 cm³/mol. The summed E-state index contributed by atoms with van der Waals surface area (Å²) in [6.07, 6.45) is 9.29. The van der Waals surface area contributed by atoms with E-state index in [2.05, 4.69) is 20.8 Å². The van der Waals surface area contributed by atoms with Gasteiger partial charge in [-0.25, -0.2) is 4.98 Å². The first kappa shape index (κ1) is 15.8. The maximum atomic E-state index is 12.6. The van der Waals surface area contributed by atoms with Gasteiger partial charge in [0.2, 0.25) is 0 Å². The van der Waals surface area contributed by atoms with Crippen LogP contribution in [0.3, 0.4) is 0 Å². The predicted octanol–water partition coefficient (Wildman–Crippen LogP) is 3.12. The van der Waals surface area contributed by atoms with Crippen molar-refractivity contribution in [2.45, 2.75) is 50.9 Å². The number of thiazole rings is 1. The van der Waals surface area contributed by atoms with Gasteiger partial charge in [-0.15, -0.1) is 11.3 Å². The molecule has 0 radical (unpaired) electrons. The van der Waals surface area contributed by atoms with Crippen molar-refractivity contribution in [2.75, 3.05) is 18.4 Å². The van der Waals surface area contributed by atoms with Crippen LogP contribution in [0.5, 0.6) is 0 Å². The molecule has 3 heterocycles. The summed E-state index contributed by atoms with van der Waals surface area (Å²) in [5.74, 6) is 1.23. The second-order valence-corrected chi connectivity index (χ2v) is 7.60. The Bertz CT molecular complexity index is 718. The molecular weight excluding hydrogens is 324 g/mol. The molecule has 0 atom stereocenters. The fourth-order valence-corrected chi connectivity index (χ4v) is 4.52. The molecule has 2 aromatic rings. The standard InChI is InChI=1S/C17H22N4O2S/c22-16(15-12-4-2-1-3-5-13(12)23-21-15)20-17-19-10-14(24-17)11-6-8-18-9-7-11/h10-11,18H,1-9H2,(H,19,20,22). The highest BCUT2D eigenvalue weighted by Gasteiger charge is 2.24. The van der Waals surface area contributed by atoms with E-state index in [1.807, 2.05) is 6.20 Å². The Morgan fingerprint density at radius 1 is 1.25 bits per heavy atom. The molecule has 0 unspecified atom stereocenters. The maximum absolute atomic E-state index is 12.6. The lowest BCUT2D eigenvalue weighted by molar-refractivity contribution is 0.101. The number of nitrogens with zero attached hydrogens (tertiary/aromatic N) is 2. The minimum Gasteiger partial charge on any atom is -0.360 e. The number of nitrogens with one attached hydrogen (secondary N) is 2. The quantitative estimate of drug-likeness (QED) is 0.835. The molecule has 1 aliphatic heterocycles. The van der Waals surface area contributed by atoms with Crippen LogP contribution in [0, 0.1) is 0 Å². The second-order valence-electron chi connectivity index (χ2n) is 6.54. The van der Waals surface area contributed by atoms with E-state index in [9.17, 15) is 4.79 Å². The molecule has 0 aromatic carbocycles. The van der Waals surface area contributed by atoms with Gasteiger partial charge in [0.15, 0.2) is 10.8 Å². The number of aryl methyl sites for hydroxylation is 1. The summed E-state index contributed by atoms with van der Waals surface area (Å²) in [6, 6.07) is 0. The van der Waals surface area contributed by atoms with Crippen molar-refractivity contribution in [2.24, 2.45) is 0 Å². The van der Waals surface area contributed by atoms with E-state index < -0.39 is 0 Å². The van der Waals surface area contributed by atoms with Gasteiger partial charge in [-0.05, 0) is 51.1 Å². The van der Waals surface area contributed by atoms with Gasteiger partial charge in [0, 0.05) is 23.1 Å². The zero-order valence-electron chi connectivity index (χ0n) is 13.6. The Kier molecular flexibility index (Phi) is 4.62. The number of anilines is 1. The Morgan fingerprint density at radius 2 is 2.08 bits per heavy atom. The fraction of sp³-hybridized carbons (Fsp3) is 0.588. The third-order valence-corrected chi connectivity index (χ3v) is 5.98. The number of piperidine rings is 1. The number of amides is 1. The third-order valence-electron chi connectivity index (χ3n) is 4.90. The maximum Gasteiger partial charge on any atom is 0.279 e. The van der Waals surface area contributed by atoms with Gasteiger partial charge < -0.3 is 9.84 Å². The van der Waals surface area contributed by atoms with E-state index in [4.69, 9.17) is 4.52 Å². The van der Waals surface area contributed by atoms with Crippen LogP contribution >= 0.6 is 11.3 Å². The van der Waals surface area contributed by atoms with E-state index in [1.54, 1.807) is 11.3 Å². The molecule has 4 rings (SSSR count). The van der Waals surface area contributed by atoms with E-state index in [0.717, 1.165) is 62.9 Å². The van der Waals surface area contributed by atoms with E-state index in [1.165, 1.54) is 11.3 Å². The smallest absolute Gasteiger partial charge is 0.279 e. The summed E-state index contributed by atoms with van der Waals surface area (Å²) in [7, 11) is 0. The lowest BCUT2D eigenvalue weighted by Gasteiger charge is -2.20. The van der Waals surface area contributed by atoms with Crippen molar-refractivity contribution in [3.8, 4) is 0 Å². The second kappa shape index (κ2) is 7.03. The number of rotatable bonds is 3. The van der Waals surface area contributed by atoms with Gasteiger partial charge in [0.25, 0.3) is 5.91 Å². The van der Waals surface area contributed by atoms with Crippen LogP contribution < -0.4 is 10.6 Å². The third kappa shape index (κ3) is 3.23. The highest BCUT2D eigenvalue weighted by Crippen LogP contribution is 2.32. The molecule has 1 amide bonds. The topological polar surface area (TPSA) is 80.0 Å². The van der Waals surface area contributed by atoms with Crippen LogP contribution in [0.15, 0.2) is 10.7 Å². The van der Waals surface area contributed by atoms with Crippen molar-refractivity contribution in [1.82, 2.24) is 15.5 Å². The molecule has 1 aliphatic carbocycles. The summed E-state index contributed by atoms with van der Waals surface area (Å²) in [6.45, 7) is 2.10. The lowest BCUT2D eigenvalue weighted by Crippen LogP contribution is -2.26. The highest BCUT2D eigenvalue weighted by molar-refractivity contribution is 7.15. The van der Waals surface area contributed by atoms with E-state index in [-0.39, 0.29) is 5.91 Å². The van der Waals surface area contributed by atoms with Gasteiger partial charge in [0.05, 0.1) is 0 Å². The largest absolute Gasteiger partial charge is 0.360 e. The number of hydrogen-bond acceptors (Lipinski definition) is 6. The molecule has 0 bridgehead atoms. The van der Waals surface area contributed by atoms with Crippen molar-refractivity contribution in [3.05, 3.63) is 28.1 Å². The van der Waals surface area contributed by atoms with Crippen molar-refractivity contribution >= 4 is 22.4 Å². The molecule has 2 aromatic heterocycles. The van der Waals surface area contributed by atoms with Crippen molar-refractivity contribution in [3.63, 3.8) is 0 Å². The van der Waals surface area contributed by atoms with Crippen LogP contribution in [-0.4, -0.2) is 29.1 Å².